The van der Waals surface area contributed by atoms with Gasteiger partial charge in [-0.15, -0.1) is 0 Å². The monoisotopic (exact) mass is 223 g/mol. The second-order valence-electron chi connectivity index (χ2n) is 3.51. The van der Waals surface area contributed by atoms with E-state index in [-0.39, 0.29) is 0 Å². The predicted molar refractivity (Wildman–Crippen MR) is 66.5 cm³/mol. The Morgan fingerprint density at radius 2 is 2.19 bits per heavy atom. The van der Waals surface area contributed by atoms with Crippen LogP contribution in [-0.2, 0) is 11.3 Å². The summed E-state index contributed by atoms with van der Waals surface area (Å²) in [6, 6.07) is 4.03. The zero-order valence-electron chi connectivity index (χ0n) is 10.1. The number of nitrogens with two attached hydrogens (primary N) is 1. The van der Waals surface area contributed by atoms with Crippen LogP contribution in [0.3, 0.4) is 0 Å². The summed E-state index contributed by atoms with van der Waals surface area (Å²) in [7, 11) is 0. The van der Waals surface area contributed by atoms with E-state index in [0.717, 1.165) is 37.7 Å². The highest BCUT2D eigenvalue weighted by molar-refractivity contribution is 5.39. The molecule has 1 heterocycles. The molecule has 16 heavy (non-hydrogen) atoms. The Bertz CT molecular complexity index is 287. The van der Waals surface area contributed by atoms with E-state index in [2.05, 4.69) is 16.8 Å². The first-order valence-corrected chi connectivity index (χ1v) is 5.79. The second-order valence-corrected chi connectivity index (χ2v) is 3.51. The quantitative estimate of drug-likeness (QED) is 0.710. The smallest absolute Gasteiger partial charge is 0.128 e. The lowest BCUT2D eigenvalue weighted by Crippen LogP contribution is -2.28. The van der Waals surface area contributed by atoms with Crippen LogP contribution in [0.4, 0.5) is 5.82 Å². The number of hydrogen-bond donors (Lipinski definition) is 1. The van der Waals surface area contributed by atoms with Crippen LogP contribution in [0.1, 0.15) is 19.4 Å². The maximum atomic E-state index is 5.53. The predicted octanol–water partition coefficient (Wildman–Crippen LogP) is 1.40. The van der Waals surface area contributed by atoms with Crippen LogP contribution in [0.25, 0.3) is 0 Å². The molecule has 0 unspecified atom stereocenters. The van der Waals surface area contributed by atoms with Crippen molar-refractivity contribution < 1.29 is 4.74 Å². The molecule has 1 aromatic heterocycles. The molecule has 0 saturated carbocycles. The van der Waals surface area contributed by atoms with Crippen LogP contribution in [0.5, 0.6) is 0 Å². The molecule has 0 spiro atoms. The molecule has 1 aromatic rings. The van der Waals surface area contributed by atoms with Crippen molar-refractivity contribution in [3.63, 3.8) is 0 Å². The lowest BCUT2D eigenvalue weighted by Gasteiger charge is -2.21. The zero-order valence-corrected chi connectivity index (χ0v) is 10.1. The fourth-order valence-electron chi connectivity index (χ4n) is 1.48. The Kier molecular flexibility index (Phi) is 5.82. The van der Waals surface area contributed by atoms with Gasteiger partial charge in [0.1, 0.15) is 5.82 Å². The average molecular weight is 223 g/mol. The van der Waals surface area contributed by atoms with E-state index in [9.17, 15) is 0 Å². The first-order valence-electron chi connectivity index (χ1n) is 5.79. The van der Waals surface area contributed by atoms with Gasteiger partial charge in [0.15, 0.2) is 0 Å². The molecule has 1 rings (SSSR count). The number of aromatic nitrogens is 1. The minimum Gasteiger partial charge on any atom is -0.380 e. The molecule has 0 atom stereocenters. The van der Waals surface area contributed by atoms with Gasteiger partial charge in [-0.1, -0.05) is 6.07 Å². The van der Waals surface area contributed by atoms with E-state index in [0.29, 0.717) is 6.54 Å². The van der Waals surface area contributed by atoms with Crippen LogP contribution < -0.4 is 10.6 Å². The van der Waals surface area contributed by atoms with Crippen molar-refractivity contribution in [3.8, 4) is 0 Å². The largest absolute Gasteiger partial charge is 0.380 e. The second kappa shape index (κ2) is 7.19. The number of likely N-dealkylation sites (N-methyl/N-ethyl adjacent to an activating group) is 1. The fourth-order valence-corrected chi connectivity index (χ4v) is 1.48. The van der Waals surface area contributed by atoms with Crippen LogP contribution in [0, 0.1) is 0 Å². The van der Waals surface area contributed by atoms with E-state index in [4.69, 9.17) is 10.5 Å². The fraction of sp³-hybridized carbons (Fsp3) is 0.583. The van der Waals surface area contributed by atoms with Gasteiger partial charge in [0.2, 0.25) is 0 Å². The Morgan fingerprint density at radius 1 is 1.38 bits per heavy atom. The molecule has 0 amide bonds. The van der Waals surface area contributed by atoms with Gasteiger partial charge in [0.25, 0.3) is 0 Å². The normalized spacial score (nSPS) is 10.4. The molecular weight excluding hydrogens is 202 g/mol. The molecule has 0 fully saturated rings. The van der Waals surface area contributed by atoms with E-state index >= 15 is 0 Å². The average Bonchev–Trinajstić information content (AvgIpc) is 2.35. The van der Waals surface area contributed by atoms with Gasteiger partial charge < -0.3 is 15.4 Å². The number of ether oxygens (including phenoxy) is 1. The summed E-state index contributed by atoms with van der Waals surface area (Å²) in [6.07, 6.45) is 1.83. The van der Waals surface area contributed by atoms with Gasteiger partial charge in [-0.2, -0.15) is 0 Å². The Hall–Kier alpha value is -1.13. The van der Waals surface area contributed by atoms with Gasteiger partial charge in [0.05, 0.1) is 6.61 Å². The van der Waals surface area contributed by atoms with Crippen molar-refractivity contribution in [3.05, 3.63) is 23.9 Å². The van der Waals surface area contributed by atoms with Gasteiger partial charge in [-0.25, -0.2) is 4.98 Å². The van der Waals surface area contributed by atoms with Gasteiger partial charge in [-0.05, 0) is 25.5 Å². The number of hydrogen-bond acceptors (Lipinski definition) is 4. The highest BCUT2D eigenvalue weighted by Gasteiger charge is 2.04. The van der Waals surface area contributed by atoms with Gasteiger partial charge >= 0.3 is 0 Å². The molecular formula is C12H21N3O. The maximum absolute atomic E-state index is 5.53. The molecule has 0 aromatic carbocycles. The van der Waals surface area contributed by atoms with Crippen LogP contribution >= 0.6 is 0 Å². The summed E-state index contributed by atoms with van der Waals surface area (Å²) in [4.78, 5) is 6.58. The molecule has 4 heteroatoms. The Labute approximate surface area is 97.4 Å². The van der Waals surface area contributed by atoms with Crippen LogP contribution in [0.2, 0.25) is 0 Å². The van der Waals surface area contributed by atoms with E-state index in [1.807, 2.05) is 25.3 Å². The summed E-state index contributed by atoms with van der Waals surface area (Å²) in [5.41, 5.74) is 6.59. The molecule has 0 aliphatic heterocycles. The van der Waals surface area contributed by atoms with Crippen LogP contribution in [-0.4, -0.2) is 31.3 Å². The van der Waals surface area contributed by atoms with Crippen LogP contribution in [0.15, 0.2) is 18.3 Å². The number of nitrogens with zero attached hydrogens (tertiary/aromatic N) is 2. The highest BCUT2D eigenvalue weighted by atomic mass is 16.5. The third-order valence-electron chi connectivity index (χ3n) is 2.46. The topological polar surface area (TPSA) is 51.4 Å². The van der Waals surface area contributed by atoms with Crippen molar-refractivity contribution >= 4 is 5.82 Å². The molecule has 0 aliphatic carbocycles. The number of anilines is 1. The summed E-state index contributed by atoms with van der Waals surface area (Å²) in [6.45, 7) is 7.97. The molecule has 0 saturated heterocycles. The summed E-state index contributed by atoms with van der Waals surface area (Å²) in [5.74, 6) is 0.986. The third-order valence-corrected chi connectivity index (χ3v) is 2.46. The highest BCUT2D eigenvalue weighted by Crippen LogP contribution is 2.10. The van der Waals surface area contributed by atoms with Crippen molar-refractivity contribution in [2.75, 3.05) is 31.2 Å². The summed E-state index contributed by atoms with van der Waals surface area (Å²) >= 11 is 0. The first kappa shape index (κ1) is 12.9. The van der Waals surface area contributed by atoms with Gasteiger partial charge in [0, 0.05) is 32.4 Å². The Morgan fingerprint density at radius 3 is 2.69 bits per heavy atom. The van der Waals surface area contributed by atoms with Crippen molar-refractivity contribution in [1.29, 1.82) is 0 Å². The summed E-state index contributed by atoms with van der Waals surface area (Å²) in [5, 5.41) is 0. The first-order chi connectivity index (χ1) is 7.81. The number of rotatable bonds is 7. The minimum absolute atomic E-state index is 0.540. The molecule has 90 valence electrons. The lowest BCUT2D eigenvalue weighted by molar-refractivity contribution is 0.154. The third kappa shape index (κ3) is 3.79. The van der Waals surface area contributed by atoms with Crippen molar-refractivity contribution in [2.45, 2.75) is 20.4 Å². The minimum atomic E-state index is 0.540. The molecule has 0 aliphatic rings. The molecule has 4 nitrogen and oxygen atoms in total. The van der Waals surface area contributed by atoms with E-state index < -0.39 is 0 Å². The zero-order chi connectivity index (χ0) is 11.8. The van der Waals surface area contributed by atoms with E-state index in [1.54, 1.807) is 0 Å². The molecule has 2 N–H and O–H groups in total. The van der Waals surface area contributed by atoms with Crippen molar-refractivity contribution in [1.82, 2.24) is 4.98 Å². The summed E-state index contributed by atoms with van der Waals surface area (Å²) < 4.78 is 5.34. The van der Waals surface area contributed by atoms with Gasteiger partial charge in [-0.3, -0.25) is 0 Å². The van der Waals surface area contributed by atoms with E-state index in [1.165, 1.54) is 0 Å². The van der Waals surface area contributed by atoms with Crippen molar-refractivity contribution in [2.24, 2.45) is 5.73 Å². The number of pyridine rings is 1. The molecule has 0 bridgehead atoms. The Balaban J connectivity index is 2.56. The lowest BCUT2D eigenvalue weighted by atomic mass is 10.3. The standard InChI is InChI=1S/C12H21N3O/c1-3-15(7-8-16-4-2)12-6-5-11(9-13)10-14-12/h5-6,10H,3-4,7-9,13H2,1-2H3. The molecule has 0 radical (unpaired) electrons. The maximum Gasteiger partial charge on any atom is 0.128 e. The SMILES string of the molecule is CCOCCN(CC)c1ccc(CN)cn1.